The van der Waals surface area contributed by atoms with Gasteiger partial charge in [-0.2, -0.15) is 0 Å². The smallest absolute Gasteiger partial charge is 0.295 e. The number of amides is 2. The molecule has 3 N–H and O–H groups in total. The monoisotopic (exact) mass is 859 g/mol. The van der Waals surface area contributed by atoms with E-state index in [4.69, 9.17) is 29.4 Å². The predicted octanol–water partition coefficient (Wildman–Crippen LogP) is 4.03. The number of methoxy groups -OCH3 is 1. The van der Waals surface area contributed by atoms with Crippen molar-refractivity contribution in [2.24, 2.45) is 5.73 Å². The second kappa shape index (κ2) is 26.3. The van der Waals surface area contributed by atoms with Gasteiger partial charge < -0.3 is 44.2 Å². The van der Waals surface area contributed by atoms with Crippen LogP contribution in [0.3, 0.4) is 0 Å². The van der Waals surface area contributed by atoms with Crippen LogP contribution >= 0.6 is 0 Å². The number of ketones is 1. The number of hydrogen-bond donors (Lipinski definition) is 2. The van der Waals surface area contributed by atoms with Crippen molar-refractivity contribution in [3.63, 3.8) is 0 Å². The van der Waals surface area contributed by atoms with Gasteiger partial charge in [0.05, 0.1) is 88.3 Å². The van der Waals surface area contributed by atoms with E-state index in [2.05, 4.69) is 30.4 Å². The number of carbonyl (C=O) groups excluding carboxylic acids is 3. The van der Waals surface area contributed by atoms with Gasteiger partial charge in [-0.25, -0.2) is 19.3 Å². The number of piperazine rings is 1. The van der Waals surface area contributed by atoms with Gasteiger partial charge in [0.25, 0.3) is 17.6 Å². The van der Waals surface area contributed by atoms with Crippen LogP contribution < -0.4 is 10.5 Å². The van der Waals surface area contributed by atoms with Gasteiger partial charge in [0.2, 0.25) is 0 Å². The number of nitrogens with one attached hydrogen (secondary N) is 1. The van der Waals surface area contributed by atoms with Crippen molar-refractivity contribution >= 4 is 28.5 Å². The summed E-state index contributed by atoms with van der Waals surface area (Å²) in [5.41, 5.74) is 8.74. The van der Waals surface area contributed by atoms with Gasteiger partial charge in [-0.1, -0.05) is 57.2 Å². The van der Waals surface area contributed by atoms with E-state index in [-0.39, 0.29) is 31.2 Å². The largest absolute Gasteiger partial charge is 0.494 e. The van der Waals surface area contributed by atoms with Crippen molar-refractivity contribution in [2.45, 2.75) is 60.6 Å². The van der Waals surface area contributed by atoms with E-state index in [0.717, 1.165) is 24.2 Å². The van der Waals surface area contributed by atoms with Crippen molar-refractivity contribution < 1.29 is 38.1 Å². The first-order chi connectivity index (χ1) is 30.4. The topological polar surface area (TPSA) is 220 Å². The highest BCUT2D eigenvalue weighted by atomic mass is 16.6. The van der Waals surface area contributed by atoms with E-state index in [1.165, 1.54) is 35.4 Å². The van der Waals surface area contributed by atoms with Gasteiger partial charge in [-0.3, -0.25) is 14.4 Å². The number of nitrogens with two attached hydrogens (primary N) is 1. The first-order valence-electron chi connectivity index (χ1n) is 21.1. The summed E-state index contributed by atoms with van der Waals surface area (Å²) in [6, 6.07) is 8.97. The molecule has 0 bridgehead atoms. The van der Waals surface area contributed by atoms with Crippen LogP contribution in [0.5, 0.6) is 5.75 Å². The quantitative estimate of drug-likeness (QED) is 0.0571. The van der Waals surface area contributed by atoms with Crippen molar-refractivity contribution in [1.82, 2.24) is 49.5 Å². The molecule has 0 atom stereocenters. The molecule has 0 aliphatic carbocycles. The maximum absolute atomic E-state index is 13.6. The molecule has 0 unspecified atom stereocenters. The van der Waals surface area contributed by atoms with Gasteiger partial charge in [0.1, 0.15) is 18.7 Å². The Labute approximate surface area is 362 Å². The summed E-state index contributed by atoms with van der Waals surface area (Å²) in [6.07, 6.45) is 9.74. The molecule has 1 saturated heterocycles. The summed E-state index contributed by atoms with van der Waals surface area (Å²) >= 11 is 0. The van der Waals surface area contributed by atoms with E-state index in [1.807, 2.05) is 53.0 Å². The number of hydrogen-bond acceptors (Lipinski definition) is 14. The molecule has 1 fully saturated rings. The zero-order chi connectivity index (χ0) is 44.7. The molecule has 1 aliphatic heterocycles. The Hall–Kier alpha value is -6.02. The minimum Gasteiger partial charge on any atom is -0.494 e. The van der Waals surface area contributed by atoms with Gasteiger partial charge >= 0.3 is 0 Å². The molecule has 1 aliphatic rings. The van der Waals surface area contributed by atoms with E-state index >= 15 is 0 Å². The summed E-state index contributed by atoms with van der Waals surface area (Å²) < 4.78 is 31.2. The summed E-state index contributed by atoms with van der Waals surface area (Å²) in [7, 11) is 1.46. The molecule has 6 rings (SSSR count). The average molecular weight is 860 g/mol. The molecule has 1 aromatic carbocycles. The average Bonchev–Trinajstić information content (AvgIpc) is 4.11. The molecule has 5 aromatic rings. The highest BCUT2D eigenvalue weighted by molar-refractivity contribution is 6.45. The van der Waals surface area contributed by atoms with E-state index in [9.17, 15) is 14.4 Å². The van der Waals surface area contributed by atoms with Gasteiger partial charge in [-0.05, 0) is 31.9 Å². The van der Waals surface area contributed by atoms with Crippen molar-refractivity contribution in [3.8, 4) is 11.6 Å². The van der Waals surface area contributed by atoms with E-state index < -0.39 is 11.7 Å². The molecule has 19 nitrogen and oxygen atoms in total. The lowest BCUT2D eigenvalue weighted by atomic mass is 10.1. The van der Waals surface area contributed by atoms with E-state index in [1.54, 1.807) is 33.8 Å². The molecule has 0 radical (unpaired) electrons. The second-order valence-electron chi connectivity index (χ2n) is 13.2. The fourth-order valence-corrected chi connectivity index (χ4v) is 6.17. The third-order valence-electron chi connectivity index (χ3n) is 9.38. The van der Waals surface area contributed by atoms with E-state index in [0.29, 0.717) is 99.7 Å². The number of ether oxygens (including phenoxy) is 5. The number of pyridine rings is 1. The standard InChI is InChI=1S/C39H49N11O8.2C2H6/c1-3-29(40)9-10-30-25-49(46-44-30)15-16-55-17-18-56-19-20-57-21-22-58-26-33-43-27-50(45-33)37-35-34(32(54-2)24-42-37)31(23-41-35)36(51)39(53)48-13-11-47(12-14-48)38(52)28-7-5-4-6-8-28;2*1-2/h3-8,23-25,27,41H,9-22,26,40H2,1-2H3;2*1-2H3/b29-3-;;. The normalized spacial score (nSPS) is 12.7. The predicted molar refractivity (Wildman–Crippen MR) is 232 cm³/mol. The fourth-order valence-electron chi connectivity index (χ4n) is 6.17. The zero-order valence-electron chi connectivity index (χ0n) is 36.7. The highest BCUT2D eigenvalue weighted by Crippen LogP contribution is 2.32. The Morgan fingerprint density at radius 2 is 1.50 bits per heavy atom. The number of Topliss-reactive ketones (excluding diaryl/α,β-unsaturated/α-hetero) is 1. The zero-order valence-corrected chi connectivity index (χ0v) is 36.7. The number of H-pyrrole nitrogens is 1. The lowest BCUT2D eigenvalue weighted by Crippen LogP contribution is -2.52. The number of carbonyl (C=O) groups is 3. The minimum atomic E-state index is -0.701. The van der Waals surface area contributed by atoms with Crippen molar-refractivity contribution in [3.05, 3.63) is 89.7 Å². The van der Waals surface area contributed by atoms with Crippen LogP contribution in [0.15, 0.2) is 67.0 Å². The lowest BCUT2D eigenvalue weighted by molar-refractivity contribution is -0.127. The Balaban J connectivity index is 0.00000205. The number of benzene rings is 1. The maximum Gasteiger partial charge on any atom is 0.295 e. The third-order valence-corrected chi connectivity index (χ3v) is 9.38. The molecular weight excluding hydrogens is 799 g/mol. The molecule has 336 valence electrons. The first-order valence-corrected chi connectivity index (χ1v) is 21.1. The number of fused-ring (bicyclic) bond motifs is 1. The molecule has 4 aromatic heterocycles. The molecule has 0 saturated carbocycles. The van der Waals surface area contributed by atoms with Crippen LogP contribution in [-0.2, 0) is 43.3 Å². The minimum absolute atomic E-state index is 0.109. The Morgan fingerprint density at radius 1 is 0.855 bits per heavy atom. The first kappa shape index (κ1) is 48.6. The van der Waals surface area contributed by atoms with Crippen molar-refractivity contribution in [1.29, 1.82) is 0 Å². The Bertz CT molecular complexity index is 2140. The molecule has 5 heterocycles. The van der Waals surface area contributed by atoms with Crippen LogP contribution in [0.1, 0.15) is 73.3 Å². The second-order valence-corrected chi connectivity index (χ2v) is 13.2. The molecule has 19 heteroatoms. The number of rotatable bonds is 22. The number of aromatic nitrogens is 8. The van der Waals surface area contributed by atoms with Crippen LogP contribution in [0.2, 0.25) is 0 Å². The number of allylic oxidation sites excluding steroid dienone is 2. The molecule has 2 amide bonds. The number of aromatic amines is 1. The summed E-state index contributed by atoms with van der Waals surface area (Å²) in [5.74, 6) is -0.393. The molecular formula is C43H61N11O8. The fraction of sp³-hybridized carbons (Fsp3) is 0.488. The van der Waals surface area contributed by atoms with Crippen molar-refractivity contribution in [2.75, 3.05) is 79.5 Å². The number of aryl methyl sites for hydroxylation is 1. The van der Waals surface area contributed by atoms with Crippen LogP contribution in [0.4, 0.5) is 0 Å². The Morgan fingerprint density at radius 3 is 2.16 bits per heavy atom. The SMILES string of the molecule is C/C=C(\N)CCc1cn(CCOCCOCCOCCOCc2ncn(-c3ncc(OC)c4c(C(=O)C(=O)N5CCN(C(=O)c6ccccc6)CC5)c[nH]c34)n2)nn1.CC.CC. The van der Waals surface area contributed by atoms with Gasteiger partial charge in [0.15, 0.2) is 11.6 Å². The van der Waals surface area contributed by atoms with Crippen LogP contribution in [0.25, 0.3) is 16.7 Å². The van der Waals surface area contributed by atoms with Gasteiger partial charge in [-0.15, -0.1) is 10.2 Å². The van der Waals surface area contributed by atoms with Crippen LogP contribution in [0, 0.1) is 0 Å². The van der Waals surface area contributed by atoms with Gasteiger partial charge in [0, 0.05) is 49.8 Å². The Kier molecular flexibility index (Phi) is 20.7. The lowest BCUT2D eigenvalue weighted by Gasteiger charge is -2.34. The summed E-state index contributed by atoms with van der Waals surface area (Å²) in [5, 5.41) is 13.2. The third kappa shape index (κ3) is 13.7. The summed E-state index contributed by atoms with van der Waals surface area (Å²) in [6.45, 7) is 14.7. The summed E-state index contributed by atoms with van der Waals surface area (Å²) in [4.78, 5) is 54.9. The molecule has 0 spiro atoms. The molecule has 62 heavy (non-hydrogen) atoms. The highest BCUT2D eigenvalue weighted by Gasteiger charge is 2.31. The number of nitrogens with zero attached hydrogens (tertiary/aromatic N) is 9. The van der Waals surface area contributed by atoms with Crippen LogP contribution in [-0.4, -0.2) is 147 Å². The maximum atomic E-state index is 13.6.